The van der Waals surface area contributed by atoms with E-state index in [4.69, 9.17) is 9.47 Å². The molecule has 4 heteroatoms. The molecule has 140 valence electrons. The molecule has 3 rings (SSSR count). The van der Waals surface area contributed by atoms with Gasteiger partial charge in [0.15, 0.2) is 0 Å². The summed E-state index contributed by atoms with van der Waals surface area (Å²) < 4.78 is 10.5. The van der Waals surface area contributed by atoms with Gasteiger partial charge in [-0.2, -0.15) is 0 Å². The highest BCUT2D eigenvalue weighted by Crippen LogP contribution is 2.28. The Balaban J connectivity index is 1.67. The Morgan fingerprint density at radius 1 is 0.808 bits per heavy atom. The van der Waals surface area contributed by atoms with Gasteiger partial charge in [0.25, 0.3) is 0 Å². The van der Waals surface area contributed by atoms with E-state index in [2.05, 4.69) is 36.2 Å². The van der Waals surface area contributed by atoms with Gasteiger partial charge >= 0.3 is 0 Å². The summed E-state index contributed by atoms with van der Waals surface area (Å²) in [5.41, 5.74) is 2.49. The lowest BCUT2D eigenvalue weighted by Gasteiger charge is -2.40. The fraction of sp³-hybridized carbons (Fsp3) is 0.455. The van der Waals surface area contributed by atoms with Crippen LogP contribution in [-0.4, -0.2) is 50.5 Å². The number of methoxy groups -OCH3 is 2. The lowest BCUT2D eigenvalue weighted by molar-refractivity contribution is -0.0134. The van der Waals surface area contributed by atoms with Crippen LogP contribution in [0, 0.1) is 11.8 Å². The molecule has 4 nitrogen and oxygen atoms in total. The number of ether oxygens (including phenoxy) is 2. The number of aliphatic hydroxyl groups excluding tert-OH is 1. The minimum absolute atomic E-state index is 0.241. The Bertz CT molecular complexity index is 624. The van der Waals surface area contributed by atoms with Gasteiger partial charge in [0.2, 0.25) is 0 Å². The molecule has 0 bridgehead atoms. The van der Waals surface area contributed by atoms with E-state index in [-0.39, 0.29) is 17.9 Å². The number of hydrogen-bond acceptors (Lipinski definition) is 4. The van der Waals surface area contributed by atoms with Crippen LogP contribution in [0.1, 0.15) is 11.1 Å². The van der Waals surface area contributed by atoms with E-state index in [0.29, 0.717) is 0 Å². The number of benzene rings is 2. The van der Waals surface area contributed by atoms with Crippen LogP contribution in [0.5, 0.6) is 11.5 Å². The molecule has 1 aliphatic heterocycles. The Kier molecular flexibility index (Phi) is 6.17. The molecule has 0 radical (unpaired) electrons. The van der Waals surface area contributed by atoms with Gasteiger partial charge in [-0.15, -0.1) is 0 Å². The van der Waals surface area contributed by atoms with Crippen molar-refractivity contribution >= 4 is 0 Å². The molecule has 26 heavy (non-hydrogen) atoms. The van der Waals surface area contributed by atoms with Crippen LogP contribution in [0.3, 0.4) is 0 Å². The quantitative estimate of drug-likeness (QED) is 0.865. The molecule has 0 unspecified atom stereocenters. The zero-order valence-corrected chi connectivity index (χ0v) is 15.9. The monoisotopic (exact) mass is 355 g/mol. The number of hydrogen-bond donors (Lipinski definition) is 1. The van der Waals surface area contributed by atoms with Crippen molar-refractivity contribution in [2.24, 2.45) is 11.8 Å². The first-order valence-electron chi connectivity index (χ1n) is 9.21. The van der Waals surface area contributed by atoms with Crippen LogP contribution >= 0.6 is 0 Å². The van der Waals surface area contributed by atoms with Crippen LogP contribution in [-0.2, 0) is 12.8 Å². The van der Waals surface area contributed by atoms with E-state index in [1.54, 1.807) is 14.2 Å². The molecule has 1 heterocycles. The maximum atomic E-state index is 11.0. The second kappa shape index (κ2) is 8.56. The van der Waals surface area contributed by atoms with E-state index in [9.17, 15) is 5.11 Å². The highest BCUT2D eigenvalue weighted by Gasteiger charge is 2.34. The van der Waals surface area contributed by atoms with E-state index >= 15 is 0 Å². The van der Waals surface area contributed by atoms with Crippen molar-refractivity contribution < 1.29 is 14.6 Å². The predicted molar refractivity (Wildman–Crippen MR) is 104 cm³/mol. The molecule has 0 saturated carbocycles. The Labute approximate surface area is 156 Å². The van der Waals surface area contributed by atoms with Gasteiger partial charge in [-0.05, 0) is 55.3 Å². The van der Waals surface area contributed by atoms with Gasteiger partial charge in [-0.1, -0.05) is 24.3 Å². The highest BCUT2D eigenvalue weighted by molar-refractivity contribution is 5.29. The molecular weight excluding hydrogens is 326 g/mol. The van der Waals surface area contributed by atoms with Gasteiger partial charge in [-0.25, -0.2) is 0 Å². The summed E-state index contributed by atoms with van der Waals surface area (Å²) in [5.74, 6) is 2.22. The Hall–Kier alpha value is -2.04. The summed E-state index contributed by atoms with van der Waals surface area (Å²) in [7, 11) is 5.51. The Morgan fingerprint density at radius 2 is 1.19 bits per heavy atom. The number of piperidine rings is 1. The third kappa shape index (κ3) is 4.57. The van der Waals surface area contributed by atoms with Gasteiger partial charge in [-0.3, -0.25) is 0 Å². The molecule has 1 fully saturated rings. The van der Waals surface area contributed by atoms with Gasteiger partial charge < -0.3 is 19.5 Å². The fourth-order valence-electron chi connectivity index (χ4n) is 3.98. The summed E-state index contributed by atoms with van der Waals surface area (Å²) in [6, 6.07) is 16.3. The molecule has 0 aromatic heterocycles. The predicted octanol–water partition coefficient (Wildman–Crippen LogP) is 3.03. The number of rotatable bonds is 6. The van der Waals surface area contributed by atoms with E-state index in [0.717, 1.165) is 37.4 Å². The summed E-state index contributed by atoms with van der Waals surface area (Å²) in [6.07, 6.45) is 1.47. The molecule has 2 atom stereocenters. The minimum Gasteiger partial charge on any atom is -0.497 e. The van der Waals surface area contributed by atoms with Crippen LogP contribution in [0.25, 0.3) is 0 Å². The lowest BCUT2D eigenvalue weighted by atomic mass is 9.80. The van der Waals surface area contributed by atoms with E-state index in [1.807, 2.05) is 24.3 Å². The van der Waals surface area contributed by atoms with Crippen LogP contribution in [0.4, 0.5) is 0 Å². The zero-order chi connectivity index (χ0) is 18.5. The van der Waals surface area contributed by atoms with Crippen LogP contribution < -0.4 is 9.47 Å². The third-order valence-electron chi connectivity index (χ3n) is 5.37. The molecule has 2 aromatic carbocycles. The summed E-state index contributed by atoms with van der Waals surface area (Å²) in [6.45, 7) is 1.85. The standard InChI is InChI=1S/C22H29NO3/c1-23-14-18(12-16-4-8-20(25-2)9-5-16)22(24)19(15-23)13-17-6-10-21(26-3)11-7-17/h4-11,18-19,22,24H,12-15H2,1-3H3/t18-,19-/m0/s1. The van der Waals surface area contributed by atoms with Crippen molar-refractivity contribution in [3.63, 3.8) is 0 Å². The molecular formula is C22H29NO3. The largest absolute Gasteiger partial charge is 0.497 e. The molecule has 2 aromatic rings. The van der Waals surface area contributed by atoms with Gasteiger partial charge in [0.1, 0.15) is 11.5 Å². The smallest absolute Gasteiger partial charge is 0.118 e. The van der Waals surface area contributed by atoms with Crippen molar-refractivity contribution in [3.05, 3.63) is 59.7 Å². The topological polar surface area (TPSA) is 41.9 Å². The maximum absolute atomic E-state index is 11.0. The van der Waals surface area contributed by atoms with E-state index < -0.39 is 0 Å². The first-order chi connectivity index (χ1) is 12.6. The average molecular weight is 355 g/mol. The molecule has 0 amide bonds. The summed E-state index contributed by atoms with van der Waals surface area (Å²) >= 11 is 0. The first kappa shape index (κ1) is 18.7. The van der Waals surface area contributed by atoms with Crippen molar-refractivity contribution in [2.75, 3.05) is 34.4 Å². The molecule has 1 saturated heterocycles. The number of nitrogens with zero attached hydrogens (tertiary/aromatic N) is 1. The van der Waals surface area contributed by atoms with Crippen molar-refractivity contribution in [1.29, 1.82) is 0 Å². The zero-order valence-electron chi connectivity index (χ0n) is 15.9. The molecule has 0 spiro atoms. The number of aliphatic hydroxyl groups is 1. The highest BCUT2D eigenvalue weighted by atomic mass is 16.5. The SMILES string of the molecule is COc1ccc(C[C@H]2CN(C)C[C@H](Cc3ccc(OC)cc3)C2O)cc1. The molecule has 1 aliphatic rings. The van der Waals surface area contributed by atoms with E-state index in [1.165, 1.54) is 11.1 Å². The average Bonchev–Trinajstić information content (AvgIpc) is 2.66. The molecule has 0 aliphatic carbocycles. The first-order valence-corrected chi connectivity index (χ1v) is 9.21. The second-order valence-electron chi connectivity index (χ2n) is 7.34. The second-order valence-corrected chi connectivity index (χ2v) is 7.34. The van der Waals surface area contributed by atoms with Gasteiger partial charge in [0, 0.05) is 24.9 Å². The van der Waals surface area contributed by atoms with Gasteiger partial charge in [0.05, 0.1) is 20.3 Å². The minimum atomic E-state index is -0.296. The molecule has 1 N–H and O–H groups in total. The fourth-order valence-corrected chi connectivity index (χ4v) is 3.98. The van der Waals surface area contributed by atoms with Crippen LogP contribution in [0.15, 0.2) is 48.5 Å². The normalized spacial score (nSPS) is 21.5. The Morgan fingerprint density at radius 3 is 1.54 bits per heavy atom. The van der Waals surface area contributed by atoms with Crippen molar-refractivity contribution in [1.82, 2.24) is 4.90 Å². The maximum Gasteiger partial charge on any atom is 0.118 e. The summed E-state index contributed by atoms with van der Waals surface area (Å²) in [5, 5.41) is 11.0. The third-order valence-corrected chi connectivity index (χ3v) is 5.37. The number of likely N-dealkylation sites (tertiary alicyclic amines) is 1. The van der Waals surface area contributed by atoms with Crippen molar-refractivity contribution in [3.8, 4) is 11.5 Å². The summed E-state index contributed by atoms with van der Waals surface area (Å²) in [4.78, 5) is 2.34. The lowest BCUT2D eigenvalue weighted by Crippen LogP contribution is -2.49. The van der Waals surface area contributed by atoms with Crippen LogP contribution in [0.2, 0.25) is 0 Å². The van der Waals surface area contributed by atoms with Crippen molar-refractivity contribution in [2.45, 2.75) is 18.9 Å².